The van der Waals surface area contributed by atoms with Crippen LogP contribution in [0.2, 0.25) is 0 Å². The quantitative estimate of drug-likeness (QED) is 0.708. The highest BCUT2D eigenvalue weighted by molar-refractivity contribution is 5.74. The van der Waals surface area contributed by atoms with Crippen molar-refractivity contribution in [2.45, 2.75) is 6.04 Å². The Hall–Kier alpha value is -0.850. The summed E-state index contributed by atoms with van der Waals surface area (Å²) in [4.78, 5) is 18.4. The smallest absolute Gasteiger partial charge is 0.317 e. The molecule has 2 rings (SSSR count). The van der Waals surface area contributed by atoms with E-state index >= 15 is 0 Å². The fourth-order valence-corrected chi connectivity index (χ4v) is 2.41. The molecule has 2 aliphatic heterocycles. The van der Waals surface area contributed by atoms with Crippen LogP contribution in [-0.2, 0) is 4.74 Å². The SMILES string of the molecule is CN1CCN(C)C(CNC(=O)N2CCOCC2)C1. The molecule has 0 aliphatic carbocycles. The van der Waals surface area contributed by atoms with E-state index in [4.69, 9.17) is 4.74 Å². The van der Waals surface area contributed by atoms with Crippen molar-refractivity contribution in [1.29, 1.82) is 0 Å². The third-order valence-corrected chi connectivity index (χ3v) is 3.77. The van der Waals surface area contributed by atoms with E-state index in [2.05, 4.69) is 29.2 Å². The Morgan fingerprint density at radius 2 is 1.94 bits per heavy atom. The fourth-order valence-electron chi connectivity index (χ4n) is 2.41. The monoisotopic (exact) mass is 256 g/mol. The molecule has 1 unspecified atom stereocenters. The van der Waals surface area contributed by atoms with E-state index in [1.54, 1.807) is 0 Å². The molecule has 18 heavy (non-hydrogen) atoms. The fraction of sp³-hybridized carbons (Fsp3) is 0.917. The van der Waals surface area contributed by atoms with E-state index < -0.39 is 0 Å². The van der Waals surface area contributed by atoms with Crippen molar-refractivity contribution in [2.24, 2.45) is 0 Å². The molecule has 1 N–H and O–H groups in total. The number of nitrogens with one attached hydrogen (secondary N) is 1. The summed E-state index contributed by atoms with van der Waals surface area (Å²) in [6, 6.07) is 0.452. The summed E-state index contributed by atoms with van der Waals surface area (Å²) in [5.41, 5.74) is 0. The number of carbonyl (C=O) groups is 1. The van der Waals surface area contributed by atoms with Gasteiger partial charge in [0.05, 0.1) is 13.2 Å². The Balaban J connectivity index is 1.74. The van der Waals surface area contributed by atoms with E-state index in [0.29, 0.717) is 32.3 Å². The second-order valence-electron chi connectivity index (χ2n) is 5.18. The lowest BCUT2D eigenvalue weighted by atomic mass is 10.2. The van der Waals surface area contributed by atoms with Crippen LogP contribution in [0.1, 0.15) is 0 Å². The first-order valence-corrected chi connectivity index (χ1v) is 6.66. The van der Waals surface area contributed by atoms with Crippen LogP contribution in [-0.4, -0.2) is 93.4 Å². The maximum Gasteiger partial charge on any atom is 0.317 e. The molecule has 2 aliphatic rings. The second kappa shape index (κ2) is 6.36. The van der Waals surface area contributed by atoms with E-state index in [1.165, 1.54) is 0 Å². The van der Waals surface area contributed by atoms with Crippen LogP contribution >= 0.6 is 0 Å². The summed E-state index contributed by atoms with van der Waals surface area (Å²) < 4.78 is 5.24. The van der Waals surface area contributed by atoms with Gasteiger partial charge in [0, 0.05) is 45.3 Å². The highest BCUT2D eigenvalue weighted by atomic mass is 16.5. The summed E-state index contributed by atoms with van der Waals surface area (Å²) >= 11 is 0. The third-order valence-electron chi connectivity index (χ3n) is 3.77. The average molecular weight is 256 g/mol. The van der Waals surface area contributed by atoms with Crippen LogP contribution in [0.4, 0.5) is 4.79 Å². The minimum Gasteiger partial charge on any atom is -0.378 e. The van der Waals surface area contributed by atoms with Gasteiger partial charge in [-0.3, -0.25) is 4.90 Å². The van der Waals surface area contributed by atoms with E-state index in [0.717, 1.165) is 26.2 Å². The predicted molar refractivity (Wildman–Crippen MR) is 69.7 cm³/mol. The molecular formula is C12H24N4O2. The molecule has 0 bridgehead atoms. The number of likely N-dealkylation sites (N-methyl/N-ethyl adjacent to an activating group) is 2. The van der Waals surface area contributed by atoms with Crippen molar-refractivity contribution in [3.05, 3.63) is 0 Å². The maximum absolute atomic E-state index is 12.0. The van der Waals surface area contributed by atoms with Gasteiger partial charge in [-0.1, -0.05) is 0 Å². The highest BCUT2D eigenvalue weighted by Crippen LogP contribution is 2.05. The third kappa shape index (κ3) is 3.57. The molecular weight excluding hydrogens is 232 g/mol. The van der Waals surface area contributed by atoms with Gasteiger partial charge < -0.3 is 19.9 Å². The molecule has 2 saturated heterocycles. The van der Waals surface area contributed by atoms with Gasteiger partial charge in [-0.2, -0.15) is 0 Å². The first-order chi connectivity index (χ1) is 8.66. The molecule has 0 aromatic carbocycles. The van der Waals surface area contributed by atoms with Gasteiger partial charge >= 0.3 is 6.03 Å². The Morgan fingerprint density at radius 3 is 2.67 bits per heavy atom. The van der Waals surface area contributed by atoms with Crippen molar-refractivity contribution < 1.29 is 9.53 Å². The van der Waals surface area contributed by atoms with E-state index in [1.807, 2.05) is 4.90 Å². The highest BCUT2D eigenvalue weighted by Gasteiger charge is 2.23. The van der Waals surface area contributed by atoms with Crippen LogP contribution in [0.25, 0.3) is 0 Å². The van der Waals surface area contributed by atoms with Crippen molar-refractivity contribution in [2.75, 3.05) is 66.6 Å². The number of piperazine rings is 1. The standard InChI is InChI=1S/C12H24N4O2/c1-14-3-4-15(2)11(10-14)9-13-12(17)16-5-7-18-8-6-16/h11H,3-10H2,1-2H3,(H,13,17). The maximum atomic E-state index is 12.0. The molecule has 1 atom stereocenters. The van der Waals surface area contributed by atoms with Crippen LogP contribution in [0.5, 0.6) is 0 Å². The summed E-state index contributed by atoms with van der Waals surface area (Å²) in [5.74, 6) is 0. The Kier molecular flexibility index (Phi) is 4.79. The summed E-state index contributed by atoms with van der Waals surface area (Å²) in [6.45, 7) is 6.60. The zero-order valence-corrected chi connectivity index (χ0v) is 11.4. The Labute approximate surface area is 109 Å². The Bertz CT molecular complexity index is 281. The van der Waals surface area contributed by atoms with Crippen LogP contribution in [0, 0.1) is 0 Å². The average Bonchev–Trinajstić information content (AvgIpc) is 2.40. The summed E-state index contributed by atoms with van der Waals surface area (Å²) in [6.07, 6.45) is 0. The summed E-state index contributed by atoms with van der Waals surface area (Å²) in [5, 5.41) is 3.04. The first-order valence-electron chi connectivity index (χ1n) is 6.66. The van der Waals surface area contributed by atoms with Gasteiger partial charge in [0.25, 0.3) is 0 Å². The molecule has 6 heteroatoms. The minimum atomic E-state index is 0.0416. The van der Waals surface area contributed by atoms with Gasteiger partial charge in [0.2, 0.25) is 0 Å². The number of amides is 2. The van der Waals surface area contributed by atoms with Gasteiger partial charge in [0.15, 0.2) is 0 Å². The van der Waals surface area contributed by atoms with Crippen LogP contribution < -0.4 is 5.32 Å². The van der Waals surface area contributed by atoms with Gasteiger partial charge in [0.1, 0.15) is 0 Å². The zero-order valence-electron chi connectivity index (χ0n) is 11.4. The van der Waals surface area contributed by atoms with Gasteiger partial charge in [-0.05, 0) is 14.1 Å². The van der Waals surface area contributed by atoms with Crippen LogP contribution in [0.15, 0.2) is 0 Å². The number of carbonyl (C=O) groups excluding carboxylic acids is 1. The zero-order chi connectivity index (χ0) is 13.0. The second-order valence-corrected chi connectivity index (χ2v) is 5.18. The van der Waals surface area contributed by atoms with Gasteiger partial charge in [-0.15, -0.1) is 0 Å². The molecule has 2 fully saturated rings. The van der Waals surface area contributed by atoms with Crippen molar-refractivity contribution >= 4 is 6.03 Å². The lowest BCUT2D eigenvalue weighted by Crippen LogP contribution is -2.56. The lowest BCUT2D eigenvalue weighted by molar-refractivity contribution is 0.0518. The number of ether oxygens (including phenoxy) is 1. The van der Waals surface area contributed by atoms with E-state index in [9.17, 15) is 4.79 Å². The number of nitrogens with zero attached hydrogens (tertiary/aromatic N) is 3. The minimum absolute atomic E-state index is 0.0416. The van der Waals surface area contributed by atoms with E-state index in [-0.39, 0.29) is 6.03 Å². The van der Waals surface area contributed by atoms with Crippen molar-refractivity contribution in [1.82, 2.24) is 20.0 Å². The normalized spacial score (nSPS) is 27.2. The number of rotatable bonds is 2. The molecule has 0 spiro atoms. The van der Waals surface area contributed by atoms with Crippen LogP contribution in [0.3, 0.4) is 0 Å². The van der Waals surface area contributed by atoms with Gasteiger partial charge in [-0.25, -0.2) is 4.79 Å². The molecule has 104 valence electrons. The van der Waals surface area contributed by atoms with Crippen molar-refractivity contribution in [3.8, 4) is 0 Å². The Morgan fingerprint density at radius 1 is 1.22 bits per heavy atom. The number of hydrogen-bond acceptors (Lipinski definition) is 4. The predicted octanol–water partition coefficient (Wildman–Crippen LogP) is -0.726. The largest absolute Gasteiger partial charge is 0.378 e. The number of morpholine rings is 1. The molecule has 0 aromatic heterocycles. The lowest BCUT2D eigenvalue weighted by Gasteiger charge is -2.38. The van der Waals surface area contributed by atoms with Crippen molar-refractivity contribution in [3.63, 3.8) is 0 Å². The molecule has 0 radical (unpaired) electrons. The molecule has 0 saturated carbocycles. The number of urea groups is 1. The first kappa shape index (κ1) is 13.6. The molecule has 6 nitrogen and oxygen atoms in total. The summed E-state index contributed by atoms with van der Waals surface area (Å²) in [7, 11) is 4.25. The molecule has 0 aromatic rings. The molecule has 2 heterocycles. The topological polar surface area (TPSA) is 48.0 Å². The molecule has 2 amide bonds. The number of hydrogen-bond donors (Lipinski definition) is 1.